The number of amides is 1. The van der Waals surface area contributed by atoms with Crippen LogP contribution in [0.2, 0.25) is 5.02 Å². The van der Waals surface area contributed by atoms with E-state index in [1.165, 1.54) is 18.2 Å². The Bertz CT molecular complexity index is 1260. The SMILES string of the molecule is C/C(=N/NC(=O)CN(c1ccc(C)c(Cl)c1)S(=O)(=O)c1ccccc1)c1cccc(I)c1. The maximum atomic E-state index is 13.3. The van der Waals surface area contributed by atoms with Crippen LogP contribution >= 0.6 is 34.2 Å². The highest BCUT2D eigenvalue weighted by molar-refractivity contribution is 14.1. The van der Waals surface area contributed by atoms with Gasteiger partial charge in [-0.3, -0.25) is 9.10 Å². The van der Waals surface area contributed by atoms with Gasteiger partial charge in [0.15, 0.2) is 0 Å². The number of halogens is 2. The molecule has 0 fully saturated rings. The van der Waals surface area contributed by atoms with Gasteiger partial charge in [0.05, 0.1) is 16.3 Å². The topological polar surface area (TPSA) is 78.8 Å². The zero-order valence-electron chi connectivity index (χ0n) is 17.4. The number of hydrogen-bond acceptors (Lipinski definition) is 4. The largest absolute Gasteiger partial charge is 0.271 e. The van der Waals surface area contributed by atoms with Crippen LogP contribution in [0.25, 0.3) is 0 Å². The van der Waals surface area contributed by atoms with E-state index in [0.29, 0.717) is 10.7 Å². The second-order valence-corrected chi connectivity index (χ2v) is 10.5. The van der Waals surface area contributed by atoms with Crippen molar-refractivity contribution in [3.8, 4) is 0 Å². The molecular weight excluding hydrogens is 561 g/mol. The first-order chi connectivity index (χ1) is 15.2. The molecule has 0 aliphatic rings. The highest BCUT2D eigenvalue weighted by Gasteiger charge is 2.27. The fraction of sp³-hybridized carbons (Fsp3) is 0.130. The van der Waals surface area contributed by atoms with Crippen molar-refractivity contribution in [1.29, 1.82) is 0 Å². The van der Waals surface area contributed by atoms with Crippen molar-refractivity contribution >= 4 is 61.5 Å². The molecule has 3 rings (SSSR count). The van der Waals surface area contributed by atoms with Crippen LogP contribution in [0.4, 0.5) is 5.69 Å². The first-order valence-corrected chi connectivity index (χ1v) is 12.5. The van der Waals surface area contributed by atoms with Gasteiger partial charge in [0, 0.05) is 8.59 Å². The van der Waals surface area contributed by atoms with Crippen molar-refractivity contribution in [2.24, 2.45) is 5.10 Å². The molecule has 1 N–H and O–H groups in total. The molecule has 166 valence electrons. The van der Waals surface area contributed by atoms with Crippen LogP contribution in [0.5, 0.6) is 0 Å². The highest BCUT2D eigenvalue weighted by atomic mass is 127. The van der Waals surface area contributed by atoms with Gasteiger partial charge in [-0.15, -0.1) is 0 Å². The molecule has 0 radical (unpaired) electrons. The summed E-state index contributed by atoms with van der Waals surface area (Å²) in [6.45, 7) is 3.13. The van der Waals surface area contributed by atoms with Gasteiger partial charge in [0.2, 0.25) is 0 Å². The Morgan fingerprint density at radius 3 is 2.44 bits per heavy atom. The number of sulfonamides is 1. The molecule has 6 nitrogen and oxygen atoms in total. The van der Waals surface area contributed by atoms with Crippen molar-refractivity contribution in [3.63, 3.8) is 0 Å². The van der Waals surface area contributed by atoms with E-state index in [4.69, 9.17) is 11.6 Å². The molecule has 0 atom stereocenters. The molecule has 0 saturated carbocycles. The lowest BCUT2D eigenvalue weighted by Gasteiger charge is -2.24. The van der Waals surface area contributed by atoms with Crippen molar-refractivity contribution in [3.05, 3.63) is 92.5 Å². The quantitative estimate of drug-likeness (QED) is 0.243. The number of hydrogen-bond donors (Lipinski definition) is 1. The minimum Gasteiger partial charge on any atom is -0.271 e. The first-order valence-electron chi connectivity index (χ1n) is 9.61. The lowest BCUT2D eigenvalue weighted by Crippen LogP contribution is -2.39. The fourth-order valence-corrected chi connectivity index (χ4v) is 5.01. The van der Waals surface area contributed by atoms with Gasteiger partial charge in [-0.1, -0.05) is 48.0 Å². The van der Waals surface area contributed by atoms with Gasteiger partial charge in [0.25, 0.3) is 15.9 Å². The predicted octanol–water partition coefficient (Wildman–Crippen LogP) is 4.99. The second kappa shape index (κ2) is 10.5. The number of benzene rings is 3. The summed E-state index contributed by atoms with van der Waals surface area (Å²) < 4.78 is 28.7. The summed E-state index contributed by atoms with van der Waals surface area (Å²) in [6.07, 6.45) is 0. The Balaban J connectivity index is 1.89. The Kier molecular flexibility index (Phi) is 7.91. The number of rotatable bonds is 7. The average molecular weight is 582 g/mol. The zero-order chi connectivity index (χ0) is 23.3. The van der Waals surface area contributed by atoms with Crippen LogP contribution in [0.15, 0.2) is 82.8 Å². The molecule has 32 heavy (non-hydrogen) atoms. The third-order valence-corrected chi connectivity index (χ3v) is 7.52. The second-order valence-electron chi connectivity index (χ2n) is 7.00. The predicted molar refractivity (Wildman–Crippen MR) is 137 cm³/mol. The molecule has 3 aromatic rings. The first kappa shape index (κ1) is 24.2. The van der Waals surface area contributed by atoms with Gasteiger partial charge < -0.3 is 0 Å². The third-order valence-electron chi connectivity index (χ3n) is 4.65. The monoisotopic (exact) mass is 581 g/mol. The van der Waals surface area contributed by atoms with Crippen LogP contribution in [0, 0.1) is 10.5 Å². The van der Waals surface area contributed by atoms with E-state index in [1.807, 2.05) is 31.2 Å². The molecule has 3 aromatic carbocycles. The Morgan fingerprint density at radius 2 is 1.78 bits per heavy atom. The molecule has 0 heterocycles. The van der Waals surface area contributed by atoms with E-state index in [1.54, 1.807) is 37.3 Å². The summed E-state index contributed by atoms with van der Waals surface area (Å²) in [5, 5.41) is 4.54. The Labute approximate surface area is 206 Å². The molecule has 9 heteroatoms. The summed E-state index contributed by atoms with van der Waals surface area (Å²) in [5.74, 6) is -0.578. The summed E-state index contributed by atoms with van der Waals surface area (Å²) in [6, 6.07) is 20.5. The lowest BCUT2D eigenvalue weighted by molar-refractivity contribution is -0.119. The molecule has 0 aliphatic heterocycles. The molecular formula is C23H21ClIN3O3S. The minimum absolute atomic E-state index is 0.0723. The molecule has 0 unspecified atom stereocenters. The number of hydrazone groups is 1. The number of nitrogens with zero attached hydrogens (tertiary/aromatic N) is 2. The minimum atomic E-state index is -4.01. The maximum Gasteiger partial charge on any atom is 0.264 e. The highest BCUT2D eigenvalue weighted by Crippen LogP contribution is 2.27. The summed E-state index contributed by atoms with van der Waals surface area (Å²) >= 11 is 8.42. The average Bonchev–Trinajstić information content (AvgIpc) is 2.78. The van der Waals surface area contributed by atoms with Gasteiger partial charge >= 0.3 is 0 Å². The molecule has 0 aliphatic carbocycles. The van der Waals surface area contributed by atoms with Gasteiger partial charge in [-0.25, -0.2) is 13.8 Å². The van der Waals surface area contributed by atoms with E-state index < -0.39 is 22.5 Å². The summed E-state index contributed by atoms with van der Waals surface area (Å²) in [4.78, 5) is 12.8. The van der Waals surface area contributed by atoms with E-state index in [2.05, 4.69) is 33.1 Å². The third kappa shape index (κ3) is 5.87. The van der Waals surface area contributed by atoms with Gasteiger partial charge in [-0.2, -0.15) is 5.10 Å². The lowest BCUT2D eigenvalue weighted by atomic mass is 10.1. The maximum absolute atomic E-state index is 13.3. The van der Waals surface area contributed by atoms with Crippen LogP contribution in [-0.4, -0.2) is 26.6 Å². The van der Waals surface area contributed by atoms with Crippen molar-refractivity contribution in [2.45, 2.75) is 18.7 Å². The Hall–Kier alpha value is -2.43. The standard InChI is InChI=1S/C23H21ClIN3O3S/c1-16-11-12-20(14-22(16)24)28(32(30,31)21-9-4-3-5-10-21)15-23(29)27-26-17(2)18-7-6-8-19(25)13-18/h3-14H,15H2,1-2H3,(H,27,29)/b26-17-. The number of anilines is 1. The van der Waals surface area contributed by atoms with E-state index in [0.717, 1.165) is 19.0 Å². The summed E-state index contributed by atoms with van der Waals surface area (Å²) in [7, 11) is -4.01. The molecule has 0 saturated heterocycles. The van der Waals surface area contributed by atoms with E-state index >= 15 is 0 Å². The zero-order valence-corrected chi connectivity index (χ0v) is 21.1. The van der Waals surface area contributed by atoms with Gasteiger partial charge in [0.1, 0.15) is 6.54 Å². The molecule has 0 aromatic heterocycles. The van der Waals surface area contributed by atoms with Crippen LogP contribution < -0.4 is 9.73 Å². The fourth-order valence-electron chi connectivity index (χ4n) is 2.86. The smallest absolute Gasteiger partial charge is 0.264 e. The van der Waals surface area contributed by atoms with Crippen LogP contribution in [0.1, 0.15) is 18.1 Å². The van der Waals surface area contributed by atoms with Gasteiger partial charge in [-0.05, 0) is 84.0 Å². The number of nitrogens with one attached hydrogen (secondary N) is 1. The van der Waals surface area contributed by atoms with E-state index in [-0.39, 0.29) is 10.6 Å². The molecule has 1 amide bonds. The Morgan fingerprint density at radius 1 is 1.06 bits per heavy atom. The molecule has 0 bridgehead atoms. The molecule has 0 spiro atoms. The van der Waals surface area contributed by atoms with Crippen molar-refractivity contribution < 1.29 is 13.2 Å². The normalized spacial score (nSPS) is 11.8. The van der Waals surface area contributed by atoms with E-state index in [9.17, 15) is 13.2 Å². The van der Waals surface area contributed by atoms with Crippen LogP contribution in [-0.2, 0) is 14.8 Å². The number of aryl methyl sites for hydroxylation is 1. The number of carbonyl (C=O) groups is 1. The summed E-state index contributed by atoms with van der Waals surface area (Å²) in [5.41, 5.74) is 5.01. The van der Waals surface area contributed by atoms with Crippen molar-refractivity contribution in [1.82, 2.24) is 5.43 Å². The number of carbonyl (C=O) groups excluding carboxylic acids is 1. The van der Waals surface area contributed by atoms with Crippen molar-refractivity contribution in [2.75, 3.05) is 10.8 Å². The van der Waals surface area contributed by atoms with Crippen LogP contribution in [0.3, 0.4) is 0 Å².